The molecule has 1 aliphatic rings. The standard InChI is InChI=1S/C21H23FN2O4S/c1-3-4-5-12-24(14-15-6-8-16(22)9-7-15)29(27,28)17-10-11-18-19(13-17)21(26)23(2)20(18)25/h6-11,13H,3-5,12,14H2,1-2H3. The molecule has 1 aliphatic heterocycles. The van der Waals surface area contributed by atoms with Crippen molar-refractivity contribution in [2.75, 3.05) is 13.6 Å². The Morgan fingerprint density at radius 2 is 1.62 bits per heavy atom. The summed E-state index contributed by atoms with van der Waals surface area (Å²) in [6.45, 7) is 2.42. The Morgan fingerprint density at radius 3 is 2.28 bits per heavy atom. The molecule has 0 unspecified atom stereocenters. The monoisotopic (exact) mass is 418 g/mol. The summed E-state index contributed by atoms with van der Waals surface area (Å²) < 4.78 is 41.2. The fourth-order valence-electron chi connectivity index (χ4n) is 3.27. The van der Waals surface area contributed by atoms with Crippen molar-refractivity contribution in [2.45, 2.75) is 37.6 Å². The van der Waals surface area contributed by atoms with E-state index in [1.165, 1.54) is 41.7 Å². The van der Waals surface area contributed by atoms with Crippen molar-refractivity contribution < 1.29 is 22.4 Å². The van der Waals surface area contributed by atoms with Gasteiger partial charge >= 0.3 is 0 Å². The second kappa shape index (κ2) is 8.42. The first-order valence-corrected chi connectivity index (χ1v) is 10.9. The van der Waals surface area contributed by atoms with Crippen molar-refractivity contribution in [1.82, 2.24) is 9.21 Å². The highest BCUT2D eigenvalue weighted by Crippen LogP contribution is 2.27. The first-order chi connectivity index (χ1) is 13.8. The summed E-state index contributed by atoms with van der Waals surface area (Å²) in [7, 11) is -2.55. The average molecular weight is 418 g/mol. The third kappa shape index (κ3) is 4.23. The first-order valence-electron chi connectivity index (χ1n) is 9.46. The number of fused-ring (bicyclic) bond motifs is 1. The van der Waals surface area contributed by atoms with Gasteiger partial charge in [0, 0.05) is 20.1 Å². The Morgan fingerprint density at radius 1 is 0.966 bits per heavy atom. The van der Waals surface area contributed by atoms with Gasteiger partial charge in [0.2, 0.25) is 10.0 Å². The zero-order chi connectivity index (χ0) is 21.2. The zero-order valence-corrected chi connectivity index (χ0v) is 17.2. The van der Waals surface area contributed by atoms with Gasteiger partial charge in [-0.05, 0) is 42.3 Å². The molecule has 2 amide bonds. The van der Waals surface area contributed by atoms with Gasteiger partial charge in [0.05, 0.1) is 16.0 Å². The van der Waals surface area contributed by atoms with E-state index in [9.17, 15) is 22.4 Å². The predicted molar refractivity (Wildman–Crippen MR) is 106 cm³/mol. The number of rotatable bonds is 8. The summed E-state index contributed by atoms with van der Waals surface area (Å²) in [5.41, 5.74) is 0.958. The maximum atomic E-state index is 13.3. The molecule has 29 heavy (non-hydrogen) atoms. The Kier molecular flexibility index (Phi) is 6.14. The molecule has 0 aliphatic carbocycles. The number of imide groups is 1. The Bertz CT molecular complexity index is 1040. The van der Waals surface area contributed by atoms with Crippen LogP contribution in [0.2, 0.25) is 0 Å². The molecular weight excluding hydrogens is 395 g/mol. The number of halogens is 1. The number of benzene rings is 2. The highest BCUT2D eigenvalue weighted by atomic mass is 32.2. The van der Waals surface area contributed by atoms with Crippen LogP contribution in [0, 0.1) is 5.82 Å². The van der Waals surface area contributed by atoms with Gasteiger partial charge in [0.15, 0.2) is 0 Å². The highest BCUT2D eigenvalue weighted by molar-refractivity contribution is 7.89. The van der Waals surface area contributed by atoms with Crippen LogP contribution in [0.3, 0.4) is 0 Å². The van der Waals surface area contributed by atoms with E-state index in [2.05, 4.69) is 0 Å². The van der Waals surface area contributed by atoms with Crippen LogP contribution >= 0.6 is 0 Å². The quantitative estimate of drug-likeness (QED) is 0.486. The molecule has 2 aromatic rings. The zero-order valence-electron chi connectivity index (χ0n) is 16.4. The van der Waals surface area contributed by atoms with Crippen LogP contribution in [0.25, 0.3) is 0 Å². The Balaban J connectivity index is 1.94. The summed E-state index contributed by atoms with van der Waals surface area (Å²) in [4.78, 5) is 25.2. The van der Waals surface area contributed by atoms with Gasteiger partial charge in [0.25, 0.3) is 11.8 Å². The lowest BCUT2D eigenvalue weighted by Crippen LogP contribution is -2.32. The maximum absolute atomic E-state index is 13.3. The number of hydrogen-bond acceptors (Lipinski definition) is 4. The van der Waals surface area contributed by atoms with Crippen LogP contribution in [0.1, 0.15) is 52.5 Å². The van der Waals surface area contributed by atoms with E-state index in [1.54, 1.807) is 12.1 Å². The van der Waals surface area contributed by atoms with Gasteiger partial charge in [-0.1, -0.05) is 31.9 Å². The summed E-state index contributed by atoms with van der Waals surface area (Å²) >= 11 is 0. The molecule has 1 heterocycles. The second-order valence-corrected chi connectivity index (χ2v) is 8.99. The molecule has 0 saturated heterocycles. The Labute approximate surface area is 170 Å². The molecule has 0 saturated carbocycles. The molecule has 3 rings (SSSR count). The molecule has 0 fully saturated rings. The van der Waals surface area contributed by atoms with Crippen LogP contribution < -0.4 is 0 Å². The molecule has 0 radical (unpaired) electrons. The van der Waals surface area contributed by atoms with Crippen LogP contribution in [0.5, 0.6) is 0 Å². The largest absolute Gasteiger partial charge is 0.277 e. The van der Waals surface area contributed by atoms with Crippen molar-refractivity contribution >= 4 is 21.8 Å². The van der Waals surface area contributed by atoms with Gasteiger partial charge in [-0.25, -0.2) is 12.8 Å². The Hall–Kier alpha value is -2.58. The van der Waals surface area contributed by atoms with Crippen molar-refractivity contribution in [3.8, 4) is 0 Å². The molecule has 154 valence electrons. The topological polar surface area (TPSA) is 74.8 Å². The molecule has 0 N–H and O–H groups in total. The normalized spacial score (nSPS) is 14.0. The molecule has 2 aromatic carbocycles. The number of amides is 2. The summed E-state index contributed by atoms with van der Waals surface area (Å²) in [6, 6.07) is 9.70. The second-order valence-electron chi connectivity index (χ2n) is 7.05. The fourth-order valence-corrected chi connectivity index (χ4v) is 4.76. The highest BCUT2D eigenvalue weighted by Gasteiger charge is 2.35. The lowest BCUT2D eigenvalue weighted by Gasteiger charge is -2.22. The van der Waals surface area contributed by atoms with Gasteiger partial charge in [-0.3, -0.25) is 14.5 Å². The fraction of sp³-hybridized carbons (Fsp3) is 0.333. The van der Waals surface area contributed by atoms with E-state index in [1.807, 2.05) is 6.92 Å². The predicted octanol–water partition coefficient (Wildman–Crippen LogP) is 3.43. The van der Waals surface area contributed by atoms with E-state index < -0.39 is 21.8 Å². The lowest BCUT2D eigenvalue weighted by molar-refractivity contribution is 0.0693. The minimum atomic E-state index is -3.91. The molecule has 0 atom stereocenters. The summed E-state index contributed by atoms with van der Waals surface area (Å²) in [6.07, 6.45) is 2.49. The molecule has 0 spiro atoms. The third-order valence-corrected chi connectivity index (χ3v) is 6.82. The van der Waals surface area contributed by atoms with Crippen LogP contribution in [-0.2, 0) is 16.6 Å². The van der Waals surface area contributed by atoms with Gasteiger partial charge in [-0.15, -0.1) is 0 Å². The van der Waals surface area contributed by atoms with Crippen LogP contribution in [0.15, 0.2) is 47.4 Å². The SMILES string of the molecule is CCCCCN(Cc1ccc(F)cc1)S(=O)(=O)c1ccc2c(c1)C(=O)N(C)C2=O. The molecule has 0 bridgehead atoms. The average Bonchev–Trinajstić information content (AvgIpc) is 2.92. The number of unbranched alkanes of at least 4 members (excludes halogenated alkanes) is 2. The lowest BCUT2D eigenvalue weighted by atomic mass is 10.1. The third-order valence-electron chi connectivity index (χ3n) is 4.98. The molecule has 0 aromatic heterocycles. The smallest absolute Gasteiger partial charge is 0.261 e. The van der Waals surface area contributed by atoms with Crippen molar-refractivity contribution in [3.63, 3.8) is 0 Å². The minimum absolute atomic E-state index is 0.0358. The van der Waals surface area contributed by atoms with Gasteiger partial charge < -0.3 is 0 Å². The van der Waals surface area contributed by atoms with Crippen LogP contribution in [-0.4, -0.2) is 43.0 Å². The van der Waals surface area contributed by atoms with E-state index in [0.29, 0.717) is 18.5 Å². The van der Waals surface area contributed by atoms with E-state index in [-0.39, 0.29) is 28.4 Å². The first kappa shape index (κ1) is 21.1. The molecule has 6 nitrogen and oxygen atoms in total. The number of hydrogen-bond donors (Lipinski definition) is 0. The van der Waals surface area contributed by atoms with Gasteiger partial charge in [0.1, 0.15) is 5.82 Å². The van der Waals surface area contributed by atoms with Crippen LogP contribution in [0.4, 0.5) is 4.39 Å². The summed E-state index contributed by atoms with van der Waals surface area (Å²) in [5.74, 6) is -1.35. The number of nitrogens with zero attached hydrogens (tertiary/aromatic N) is 2. The van der Waals surface area contributed by atoms with Gasteiger partial charge in [-0.2, -0.15) is 4.31 Å². The number of carbonyl (C=O) groups excluding carboxylic acids is 2. The maximum Gasteiger partial charge on any atom is 0.261 e. The van der Waals surface area contributed by atoms with E-state index >= 15 is 0 Å². The summed E-state index contributed by atoms with van der Waals surface area (Å²) in [5, 5.41) is 0. The van der Waals surface area contributed by atoms with Crippen molar-refractivity contribution in [2.24, 2.45) is 0 Å². The molecular formula is C21H23FN2O4S. The number of sulfonamides is 1. The minimum Gasteiger partial charge on any atom is -0.277 e. The van der Waals surface area contributed by atoms with E-state index in [4.69, 9.17) is 0 Å². The van der Waals surface area contributed by atoms with Crippen molar-refractivity contribution in [1.29, 1.82) is 0 Å². The number of carbonyl (C=O) groups is 2. The van der Waals surface area contributed by atoms with Crippen molar-refractivity contribution in [3.05, 3.63) is 65.0 Å². The molecule has 8 heteroatoms. The van der Waals surface area contributed by atoms with E-state index in [0.717, 1.165) is 17.7 Å².